The molecule has 4 heteroatoms. The van der Waals surface area contributed by atoms with Crippen LogP contribution in [-0.2, 0) is 4.79 Å². The lowest BCUT2D eigenvalue weighted by molar-refractivity contribution is -0.124. The van der Waals surface area contributed by atoms with E-state index in [1.165, 1.54) is 19.3 Å². The van der Waals surface area contributed by atoms with Gasteiger partial charge in [-0.15, -0.1) is 0 Å². The summed E-state index contributed by atoms with van der Waals surface area (Å²) in [6, 6.07) is 0. The van der Waals surface area contributed by atoms with Gasteiger partial charge in [-0.3, -0.25) is 4.79 Å². The maximum Gasteiger partial charge on any atom is 0.223 e. The van der Waals surface area contributed by atoms with Crippen molar-refractivity contribution in [2.45, 2.75) is 30.5 Å². The number of rotatable bonds is 3. The van der Waals surface area contributed by atoms with E-state index in [1.807, 2.05) is 11.8 Å². The minimum absolute atomic E-state index is 0.283. The molecule has 0 aromatic heterocycles. The van der Waals surface area contributed by atoms with E-state index >= 15 is 0 Å². The molecule has 0 aromatic rings. The highest BCUT2D eigenvalue weighted by Gasteiger charge is 2.27. The predicted octanol–water partition coefficient (Wildman–Crippen LogP) is 2.42. The summed E-state index contributed by atoms with van der Waals surface area (Å²) in [6.07, 6.45) is 4.89. The minimum Gasteiger partial charge on any atom is -0.356 e. The van der Waals surface area contributed by atoms with Crippen molar-refractivity contribution >= 4 is 33.6 Å². The molecule has 3 unspecified atom stereocenters. The van der Waals surface area contributed by atoms with E-state index in [2.05, 4.69) is 21.2 Å². The fourth-order valence-corrected chi connectivity index (χ4v) is 4.33. The van der Waals surface area contributed by atoms with Crippen molar-refractivity contribution in [3.63, 3.8) is 0 Å². The van der Waals surface area contributed by atoms with Gasteiger partial charge in [0.25, 0.3) is 0 Å². The Kier molecular flexibility index (Phi) is 4.38. The molecule has 0 radical (unpaired) electrons. The Balaban J connectivity index is 1.70. The van der Waals surface area contributed by atoms with Crippen molar-refractivity contribution in [2.75, 3.05) is 18.1 Å². The van der Waals surface area contributed by atoms with Crippen molar-refractivity contribution in [3.8, 4) is 0 Å². The average molecular weight is 292 g/mol. The number of alkyl halides is 1. The van der Waals surface area contributed by atoms with Crippen molar-refractivity contribution in [1.29, 1.82) is 0 Å². The topological polar surface area (TPSA) is 29.1 Å². The number of hydrogen-bond donors (Lipinski definition) is 1. The quantitative estimate of drug-likeness (QED) is 0.809. The largest absolute Gasteiger partial charge is 0.356 e. The molecular formula is C11H18BrNOS. The minimum atomic E-state index is 0.283. The monoisotopic (exact) mass is 291 g/mol. The molecular weight excluding hydrogens is 274 g/mol. The number of carbonyl (C=O) groups excluding carboxylic acids is 1. The van der Waals surface area contributed by atoms with Crippen LogP contribution in [0.1, 0.15) is 25.7 Å². The van der Waals surface area contributed by atoms with Crippen LogP contribution in [0, 0.1) is 11.8 Å². The second kappa shape index (κ2) is 5.58. The summed E-state index contributed by atoms with van der Waals surface area (Å²) in [6.45, 7) is 0.871. The van der Waals surface area contributed by atoms with Crippen molar-refractivity contribution in [1.82, 2.24) is 5.32 Å². The SMILES string of the molecule is O=C(NCC1CCCC1Br)C1CCSC1. The Bertz CT molecular complexity index is 231. The highest BCUT2D eigenvalue weighted by molar-refractivity contribution is 9.09. The van der Waals surface area contributed by atoms with Crippen LogP contribution in [0.5, 0.6) is 0 Å². The standard InChI is InChI=1S/C11H18BrNOS/c12-10-3-1-2-8(10)6-13-11(14)9-4-5-15-7-9/h8-10H,1-7H2,(H,13,14). The number of nitrogens with one attached hydrogen (secondary N) is 1. The molecule has 15 heavy (non-hydrogen) atoms. The predicted molar refractivity (Wildman–Crippen MR) is 68.5 cm³/mol. The van der Waals surface area contributed by atoms with Gasteiger partial charge in [0.1, 0.15) is 0 Å². The zero-order valence-electron chi connectivity index (χ0n) is 8.88. The Morgan fingerprint density at radius 2 is 2.27 bits per heavy atom. The van der Waals surface area contributed by atoms with Crippen LogP contribution in [0.15, 0.2) is 0 Å². The number of thioether (sulfide) groups is 1. The van der Waals surface area contributed by atoms with Gasteiger partial charge in [0.2, 0.25) is 5.91 Å². The first kappa shape index (κ1) is 11.8. The molecule has 1 N–H and O–H groups in total. The van der Waals surface area contributed by atoms with Crippen LogP contribution in [0.4, 0.5) is 0 Å². The number of halogens is 1. The number of hydrogen-bond acceptors (Lipinski definition) is 2. The summed E-state index contributed by atoms with van der Waals surface area (Å²) < 4.78 is 0. The van der Waals surface area contributed by atoms with Gasteiger partial charge in [-0.1, -0.05) is 22.4 Å². The van der Waals surface area contributed by atoms with Crippen LogP contribution in [0.3, 0.4) is 0 Å². The van der Waals surface area contributed by atoms with Crippen LogP contribution in [-0.4, -0.2) is 28.8 Å². The molecule has 2 nitrogen and oxygen atoms in total. The lowest BCUT2D eigenvalue weighted by Gasteiger charge is -2.16. The molecule has 1 heterocycles. The zero-order chi connectivity index (χ0) is 10.7. The van der Waals surface area contributed by atoms with Crippen molar-refractivity contribution < 1.29 is 4.79 Å². The normalized spacial score (nSPS) is 35.7. The van der Waals surface area contributed by atoms with Gasteiger partial charge in [0.05, 0.1) is 0 Å². The van der Waals surface area contributed by atoms with E-state index in [9.17, 15) is 4.79 Å². The summed E-state index contributed by atoms with van der Waals surface area (Å²) in [5.74, 6) is 3.40. The van der Waals surface area contributed by atoms with Gasteiger partial charge in [-0.05, 0) is 30.9 Å². The smallest absolute Gasteiger partial charge is 0.223 e. The third-order valence-corrected chi connectivity index (χ3v) is 5.77. The van der Waals surface area contributed by atoms with Gasteiger partial charge in [-0.2, -0.15) is 11.8 Å². The molecule has 1 aliphatic heterocycles. The molecule has 1 saturated heterocycles. The molecule has 0 bridgehead atoms. The van der Waals surface area contributed by atoms with E-state index in [-0.39, 0.29) is 11.8 Å². The molecule has 0 spiro atoms. The Morgan fingerprint density at radius 3 is 2.87 bits per heavy atom. The Labute approximate surface area is 104 Å². The third-order valence-electron chi connectivity index (χ3n) is 3.41. The van der Waals surface area contributed by atoms with Gasteiger partial charge < -0.3 is 5.32 Å². The maximum atomic E-state index is 11.8. The lowest BCUT2D eigenvalue weighted by atomic mass is 10.1. The van der Waals surface area contributed by atoms with Crippen LogP contribution < -0.4 is 5.32 Å². The molecule has 1 aliphatic carbocycles. The molecule has 2 fully saturated rings. The highest BCUT2D eigenvalue weighted by atomic mass is 79.9. The molecule has 1 amide bonds. The third kappa shape index (κ3) is 3.13. The summed E-state index contributed by atoms with van der Waals surface area (Å²) in [5, 5.41) is 3.11. The van der Waals surface area contributed by atoms with Gasteiger partial charge in [0, 0.05) is 23.0 Å². The van der Waals surface area contributed by atoms with Crippen molar-refractivity contribution in [2.24, 2.45) is 11.8 Å². The van der Waals surface area contributed by atoms with E-state index in [1.54, 1.807) is 0 Å². The van der Waals surface area contributed by atoms with Crippen LogP contribution in [0.25, 0.3) is 0 Å². The summed E-state index contributed by atoms with van der Waals surface area (Å²) >= 11 is 5.58. The summed E-state index contributed by atoms with van der Waals surface area (Å²) in [4.78, 5) is 12.4. The number of amides is 1. The first-order valence-electron chi connectivity index (χ1n) is 5.77. The molecule has 86 valence electrons. The van der Waals surface area contributed by atoms with Crippen LogP contribution in [0.2, 0.25) is 0 Å². The van der Waals surface area contributed by atoms with E-state index in [0.717, 1.165) is 24.5 Å². The molecule has 2 rings (SSSR count). The van der Waals surface area contributed by atoms with Gasteiger partial charge in [0.15, 0.2) is 0 Å². The highest BCUT2D eigenvalue weighted by Crippen LogP contribution is 2.31. The van der Waals surface area contributed by atoms with Crippen molar-refractivity contribution in [3.05, 3.63) is 0 Å². The Morgan fingerprint density at radius 1 is 1.40 bits per heavy atom. The Hall–Kier alpha value is 0.300. The van der Waals surface area contributed by atoms with Gasteiger partial charge in [-0.25, -0.2) is 0 Å². The van der Waals surface area contributed by atoms with Crippen LogP contribution >= 0.6 is 27.7 Å². The maximum absolute atomic E-state index is 11.8. The lowest BCUT2D eigenvalue weighted by Crippen LogP contribution is -2.35. The second-order valence-corrected chi connectivity index (χ2v) is 6.84. The molecule has 3 atom stereocenters. The fraction of sp³-hybridized carbons (Fsp3) is 0.909. The van der Waals surface area contributed by atoms with Gasteiger partial charge >= 0.3 is 0 Å². The molecule has 1 saturated carbocycles. The first-order valence-corrected chi connectivity index (χ1v) is 7.84. The van der Waals surface area contributed by atoms with E-state index < -0.39 is 0 Å². The fourth-order valence-electron chi connectivity index (χ4n) is 2.34. The van der Waals surface area contributed by atoms with E-state index in [0.29, 0.717) is 10.7 Å². The summed E-state index contributed by atoms with van der Waals surface area (Å²) in [7, 11) is 0. The first-order chi connectivity index (χ1) is 7.27. The summed E-state index contributed by atoms with van der Waals surface area (Å²) in [5.41, 5.74) is 0. The second-order valence-electron chi connectivity index (χ2n) is 4.51. The average Bonchev–Trinajstić information content (AvgIpc) is 2.85. The van der Waals surface area contributed by atoms with E-state index in [4.69, 9.17) is 0 Å². The zero-order valence-corrected chi connectivity index (χ0v) is 11.3. The molecule has 0 aromatic carbocycles. The molecule has 2 aliphatic rings. The number of carbonyl (C=O) groups is 1.